The summed E-state index contributed by atoms with van der Waals surface area (Å²) in [6.45, 7) is 3.68. The molecule has 3 heteroatoms. The summed E-state index contributed by atoms with van der Waals surface area (Å²) in [6, 6.07) is 10.6. The van der Waals surface area contributed by atoms with Crippen molar-refractivity contribution in [3.05, 3.63) is 48.6 Å². The van der Waals surface area contributed by atoms with E-state index in [0.29, 0.717) is 11.7 Å². The molecule has 20 heavy (non-hydrogen) atoms. The summed E-state index contributed by atoms with van der Waals surface area (Å²) >= 11 is 1.61. The van der Waals surface area contributed by atoms with E-state index in [-0.39, 0.29) is 11.9 Å². The van der Waals surface area contributed by atoms with Gasteiger partial charge < -0.3 is 5.32 Å². The fraction of sp³-hybridized carbons (Fsp3) is 0.471. The molecule has 1 N–H and O–H groups in total. The summed E-state index contributed by atoms with van der Waals surface area (Å²) in [5.41, 5.74) is 1.24. The number of carbonyl (C=O) groups excluding carboxylic acids is 1. The third kappa shape index (κ3) is 4.41. The molecule has 2 rings (SSSR count). The highest BCUT2D eigenvalue weighted by atomic mass is 32.2. The number of carbonyl (C=O) groups is 1. The van der Waals surface area contributed by atoms with Crippen molar-refractivity contribution < 1.29 is 4.79 Å². The minimum absolute atomic E-state index is 0.137. The van der Waals surface area contributed by atoms with Crippen molar-refractivity contribution in [1.29, 1.82) is 0 Å². The molecule has 0 aliphatic heterocycles. The molecular weight excluding hydrogens is 266 g/mol. The van der Waals surface area contributed by atoms with E-state index in [2.05, 4.69) is 36.2 Å². The van der Waals surface area contributed by atoms with Gasteiger partial charge in [-0.15, -0.1) is 18.3 Å². The highest BCUT2D eigenvalue weighted by molar-refractivity contribution is 8.00. The maximum absolute atomic E-state index is 12.1. The van der Waals surface area contributed by atoms with E-state index in [0.717, 1.165) is 5.75 Å². The zero-order valence-corrected chi connectivity index (χ0v) is 12.7. The SMILES string of the molecule is C=CCSCC(=O)NC(c1ccccc1)C1CCCC1. The van der Waals surface area contributed by atoms with Crippen molar-refractivity contribution >= 4 is 17.7 Å². The number of hydrogen-bond donors (Lipinski definition) is 1. The Morgan fingerprint density at radius 3 is 2.70 bits per heavy atom. The molecule has 1 saturated carbocycles. The zero-order chi connectivity index (χ0) is 14.2. The van der Waals surface area contributed by atoms with Crippen LogP contribution < -0.4 is 5.32 Å². The molecule has 1 aliphatic carbocycles. The van der Waals surface area contributed by atoms with Crippen LogP contribution in [0.5, 0.6) is 0 Å². The van der Waals surface area contributed by atoms with E-state index in [9.17, 15) is 4.79 Å². The van der Waals surface area contributed by atoms with Gasteiger partial charge in [-0.1, -0.05) is 49.2 Å². The van der Waals surface area contributed by atoms with Crippen LogP contribution in [0.2, 0.25) is 0 Å². The first-order valence-electron chi connectivity index (χ1n) is 7.34. The summed E-state index contributed by atoms with van der Waals surface area (Å²) in [4.78, 5) is 12.1. The second kappa shape index (κ2) is 8.15. The molecule has 0 saturated heterocycles. The quantitative estimate of drug-likeness (QED) is 0.608. The lowest BCUT2D eigenvalue weighted by Gasteiger charge is -2.25. The van der Waals surface area contributed by atoms with Gasteiger partial charge in [0.15, 0.2) is 0 Å². The van der Waals surface area contributed by atoms with Crippen LogP contribution >= 0.6 is 11.8 Å². The molecule has 1 aromatic carbocycles. The monoisotopic (exact) mass is 289 g/mol. The van der Waals surface area contributed by atoms with E-state index in [1.165, 1.54) is 31.2 Å². The van der Waals surface area contributed by atoms with Gasteiger partial charge >= 0.3 is 0 Å². The molecule has 0 radical (unpaired) electrons. The molecule has 1 fully saturated rings. The second-order valence-electron chi connectivity index (χ2n) is 5.30. The van der Waals surface area contributed by atoms with E-state index in [1.807, 2.05) is 12.1 Å². The number of hydrogen-bond acceptors (Lipinski definition) is 2. The largest absolute Gasteiger partial charge is 0.348 e. The molecule has 1 amide bonds. The van der Waals surface area contributed by atoms with Gasteiger partial charge in [0.05, 0.1) is 11.8 Å². The van der Waals surface area contributed by atoms with Crippen LogP contribution in [0, 0.1) is 5.92 Å². The Bertz CT molecular complexity index is 426. The smallest absolute Gasteiger partial charge is 0.230 e. The Labute approximate surface area is 126 Å². The van der Waals surface area contributed by atoms with E-state index < -0.39 is 0 Å². The molecular formula is C17H23NOS. The fourth-order valence-corrected chi connectivity index (χ4v) is 3.43. The van der Waals surface area contributed by atoms with E-state index in [4.69, 9.17) is 0 Å². The van der Waals surface area contributed by atoms with Gasteiger partial charge in [-0.2, -0.15) is 0 Å². The highest BCUT2D eigenvalue weighted by Crippen LogP contribution is 2.35. The second-order valence-corrected chi connectivity index (χ2v) is 6.33. The molecule has 1 aliphatic rings. The summed E-state index contributed by atoms with van der Waals surface area (Å²) < 4.78 is 0. The van der Waals surface area contributed by atoms with Gasteiger partial charge in [-0.05, 0) is 24.3 Å². The minimum atomic E-state index is 0.137. The van der Waals surface area contributed by atoms with Crippen molar-refractivity contribution in [3.63, 3.8) is 0 Å². The summed E-state index contributed by atoms with van der Waals surface area (Å²) in [7, 11) is 0. The summed E-state index contributed by atoms with van der Waals surface area (Å²) in [6.07, 6.45) is 6.85. The van der Waals surface area contributed by atoms with Crippen LogP contribution in [0.4, 0.5) is 0 Å². The molecule has 0 heterocycles. The van der Waals surface area contributed by atoms with Crippen molar-refractivity contribution in [3.8, 4) is 0 Å². The predicted octanol–water partition coefficient (Wildman–Crippen LogP) is 3.95. The maximum atomic E-state index is 12.1. The lowest BCUT2D eigenvalue weighted by molar-refractivity contribution is -0.119. The van der Waals surface area contributed by atoms with Gasteiger partial charge in [-0.3, -0.25) is 4.79 Å². The lowest BCUT2D eigenvalue weighted by atomic mass is 9.91. The van der Waals surface area contributed by atoms with Gasteiger partial charge in [0.1, 0.15) is 0 Å². The van der Waals surface area contributed by atoms with Gasteiger partial charge in [0.25, 0.3) is 0 Å². The average molecular weight is 289 g/mol. The van der Waals surface area contributed by atoms with E-state index >= 15 is 0 Å². The molecule has 108 valence electrons. The topological polar surface area (TPSA) is 29.1 Å². The average Bonchev–Trinajstić information content (AvgIpc) is 3.00. The van der Waals surface area contributed by atoms with Gasteiger partial charge in [0.2, 0.25) is 5.91 Å². The van der Waals surface area contributed by atoms with Crippen LogP contribution in [0.1, 0.15) is 37.3 Å². The first-order valence-corrected chi connectivity index (χ1v) is 8.49. The first-order chi connectivity index (χ1) is 9.81. The zero-order valence-electron chi connectivity index (χ0n) is 11.9. The fourth-order valence-electron chi connectivity index (χ4n) is 2.87. The number of nitrogens with one attached hydrogen (secondary N) is 1. The van der Waals surface area contributed by atoms with Gasteiger partial charge in [0, 0.05) is 5.75 Å². The lowest BCUT2D eigenvalue weighted by Crippen LogP contribution is -2.33. The Balaban J connectivity index is 1.99. The molecule has 1 unspecified atom stereocenters. The first kappa shape index (κ1) is 15.2. The number of amides is 1. The van der Waals surface area contributed by atoms with Crippen LogP contribution in [-0.2, 0) is 4.79 Å². The summed E-state index contributed by atoms with van der Waals surface area (Å²) in [5, 5.41) is 3.24. The van der Waals surface area contributed by atoms with Crippen LogP contribution in [0.3, 0.4) is 0 Å². The highest BCUT2D eigenvalue weighted by Gasteiger charge is 2.27. The van der Waals surface area contributed by atoms with Crippen molar-refractivity contribution in [2.45, 2.75) is 31.7 Å². The normalized spacial score (nSPS) is 16.8. The molecule has 1 aromatic rings. The predicted molar refractivity (Wildman–Crippen MR) is 86.8 cm³/mol. The standard InChI is InChI=1S/C17H23NOS/c1-2-12-20-13-16(19)18-17(15-10-6-7-11-15)14-8-4-3-5-9-14/h2-5,8-9,15,17H,1,6-7,10-13H2,(H,18,19). The van der Waals surface area contributed by atoms with Crippen LogP contribution in [0.15, 0.2) is 43.0 Å². The summed E-state index contributed by atoms with van der Waals surface area (Å²) in [5.74, 6) is 2.07. The molecule has 0 spiro atoms. The Kier molecular flexibility index (Phi) is 6.19. The maximum Gasteiger partial charge on any atom is 0.230 e. The molecule has 2 nitrogen and oxygen atoms in total. The van der Waals surface area contributed by atoms with Crippen LogP contribution in [0.25, 0.3) is 0 Å². The minimum Gasteiger partial charge on any atom is -0.348 e. The third-order valence-electron chi connectivity index (χ3n) is 3.82. The Morgan fingerprint density at radius 1 is 1.35 bits per heavy atom. The number of benzene rings is 1. The number of thioether (sulfide) groups is 1. The Morgan fingerprint density at radius 2 is 2.05 bits per heavy atom. The molecule has 1 atom stereocenters. The van der Waals surface area contributed by atoms with Crippen molar-refractivity contribution in [2.75, 3.05) is 11.5 Å². The molecule has 0 aromatic heterocycles. The van der Waals surface area contributed by atoms with Crippen molar-refractivity contribution in [1.82, 2.24) is 5.32 Å². The van der Waals surface area contributed by atoms with Crippen molar-refractivity contribution in [2.24, 2.45) is 5.92 Å². The Hall–Kier alpha value is -1.22. The van der Waals surface area contributed by atoms with Crippen LogP contribution in [-0.4, -0.2) is 17.4 Å². The van der Waals surface area contributed by atoms with Gasteiger partial charge in [-0.25, -0.2) is 0 Å². The van der Waals surface area contributed by atoms with E-state index in [1.54, 1.807) is 11.8 Å². The molecule has 0 bridgehead atoms. The third-order valence-corrected chi connectivity index (χ3v) is 4.75. The number of rotatable bonds is 7.